The maximum atomic E-state index is 6.06. The van der Waals surface area contributed by atoms with E-state index in [1.54, 1.807) is 16.0 Å². The van der Waals surface area contributed by atoms with Crippen LogP contribution >= 0.6 is 11.3 Å². The molecule has 0 aliphatic rings. The molecule has 0 spiro atoms. The predicted molar refractivity (Wildman–Crippen MR) is 79.9 cm³/mol. The number of benzene rings is 1. The number of nitrogens with two attached hydrogens (primary N) is 1. The first-order valence-corrected chi connectivity index (χ1v) is 6.99. The van der Waals surface area contributed by atoms with E-state index in [2.05, 4.69) is 36.9 Å². The Morgan fingerprint density at radius 3 is 2.58 bits per heavy atom. The van der Waals surface area contributed by atoms with Gasteiger partial charge >= 0.3 is 0 Å². The maximum absolute atomic E-state index is 6.06. The molecule has 98 valence electrons. The Morgan fingerprint density at radius 2 is 1.95 bits per heavy atom. The van der Waals surface area contributed by atoms with E-state index in [1.165, 1.54) is 0 Å². The quantitative estimate of drug-likeness (QED) is 0.739. The summed E-state index contributed by atoms with van der Waals surface area (Å²) in [5.74, 6) is 0.629. The molecule has 19 heavy (non-hydrogen) atoms. The normalized spacial score (nSPS) is 12.2. The molecule has 0 atom stereocenters. The molecule has 0 unspecified atom stereocenters. The first-order chi connectivity index (χ1) is 8.95. The van der Waals surface area contributed by atoms with E-state index >= 15 is 0 Å². The Hall–Kier alpha value is -1.88. The molecule has 2 aromatic heterocycles. The minimum atomic E-state index is -0.0178. The van der Waals surface area contributed by atoms with Gasteiger partial charge in [-0.15, -0.1) is 0 Å². The number of nitrogen functional groups attached to an aromatic ring is 1. The second kappa shape index (κ2) is 4.06. The van der Waals surface area contributed by atoms with Crippen molar-refractivity contribution in [1.29, 1.82) is 0 Å². The fraction of sp³-hybridized carbons (Fsp3) is 0.286. The van der Waals surface area contributed by atoms with Crippen molar-refractivity contribution in [3.05, 3.63) is 36.0 Å². The van der Waals surface area contributed by atoms with Crippen LogP contribution in [0, 0.1) is 0 Å². The van der Waals surface area contributed by atoms with Gasteiger partial charge in [0, 0.05) is 11.5 Å². The molecule has 0 saturated carbocycles. The van der Waals surface area contributed by atoms with Crippen LogP contribution in [0.4, 0.5) is 5.82 Å². The molecule has 0 fully saturated rings. The number of rotatable bonds is 1. The van der Waals surface area contributed by atoms with Gasteiger partial charge < -0.3 is 5.73 Å². The average molecular weight is 272 g/mol. The highest BCUT2D eigenvalue weighted by molar-refractivity contribution is 7.20. The second-order valence-electron chi connectivity index (χ2n) is 5.58. The van der Waals surface area contributed by atoms with Crippen molar-refractivity contribution >= 4 is 27.4 Å². The van der Waals surface area contributed by atoms with E-state index in [9.17, 15) is 0 Å². The molecule has 3 aromatic rings. The molecule has 0 amide bonds. The number of para-hydroxylation sites is 1. The minimum Gasteiger partial charge on any atom is -0.383 e. The highest BCUT2D eigenvalue weighted by Gasteiger charge is 2.20. The van der Waals surface area contributed by atoms with Crippen molar-refractivity contribution < 1.29 is 0 Å². The minimum absolute atomic E-state index is 0.0178. The highest BCUT2D eigenvalue weighted by Crippen LogP contribution is 2.28. The van der Waals surface area contributed by atoms with Crippen LogP contribution in [0.1, 0.15) is 26.5 Å². The summed E-state index contributed by atoms with van der Waals surface area (Å²) in [5, 5.41) is 5.40. The lowest BCUT2D eigenvalue weighted by molar-refractivity contribution is 0.560. The molecular formula is C14H16N4S. The molecule has 2 N–H and O–H groups in total. The third-order valence-electron chi connectivity index (χ3n) is 2.97. The van der Waals surface area contributed by atoms with E-state index < -0.39 is 0 Å². The van der Waals surface area contributed by atoms with Crippen molar-refractivity contribution in [1.82, 2.24) is 14.8 Å². The first kappa shape index (κ1) is 12.2. The highest BCUT2D eigenvalue weighted by atomic mass is 32.1. The van der Waals surface area contributed by atoms with Crippen LogP contribution in [0.5, 0.6) is 0 Å². The topological polar surface area (TPSA) is 56.7 Å². The second-order valence-corrected chi connectivity index (χ2v) is 6.59. The Kier molecular flexibility index (Phi) is 2.60. The van der Waals surface area contributed by atoms with Crippen LogP contribution in [-0.4, -0.2) is 14.8 Å². The zero-order valence-electron chi connectivity index (χ0n) is 11.2. The summed E-state index contributed by atoms with van der Waals surface area (Å²) in [7, 11) is 0. The molecule has 0 aliphatic carbocycles. The molecule has 2 heterocycles. The van der Waals surface area contributed by atoms with E-state index in [1.807, 2.05) is 24.3 Å². The Bertz CT molecular complexity index is 700. The molecule has 1 aromatic carbocycles. The first-order valence-electron chi connectivity index (χ1n) is 6.17. The van der Waals surface area contributed by atoms with Crippen LogP contribution in [0.3, 0.4) is 0 Å². The third kappa shape index (κ3) is 2.10. The van der Waals surface area contributed by atoms with Gasteiger partial charge in [-0.05, 0) is 12.1 Å². The molecule has 5 heteroatoms. The van der Waals surface area contributed by atoms with Crippen LogP contribution in [0.15, 0.2) is 30.3 Å². The van der Waals surface area contributed by atoms with Crippen molar-refractivity contribution in [2.45, 2.75) is 26.2 Å². The van der Waals surface area contributed by atoms with Crippen LogP contribution in [0.25, 0.3) is 15.3 Å². The van der Waals surface area contributed by atoms with Crippen LogP contribution in [-0.2, 0) is 5.41 Å². The van der Waals surface area contributed by atoms with Gasteiger partial charge in [0.25, 0.3) is 0 Å². The van der Waals surface area contributed by atoms with E-state index in [0.29, 0.717) is 5.82 Å². The van der Waals surface area contributed by atoms with Crippen molar-refractivity contribution in [3.63, 3.8) is 0 Å². The number of anilines is 1. The molecule has 0 radical (unpaired) electrons. The summed E-state index contributed by atoms with van der Waals surface area (Å²) >= 11 is 1.60. The summed E-state index contributed by atoms with van der Waals surface area (Å²) in [5.41, 5.74) is 8.00. The molecular weight excluding hydrogens is 256 g/mol. The SMILES string of the molecule is CC(C)(C)c1cc(N)n(-c2nc3ccccc3s2)n1. The van der Waals surface area contributed by atoms with Crippen molar-refractivity contribution in [2.75, 3.05) is 5.73 Å². The smallest absolute Gasteiger partial charge is 0.213 e. The van der Waals surface area contributed by atoms with Gasteiger partial charge in [-0.3, -0.25) is 0 Å². The Morgan fingerprint density at radius 1 is 1.21 bits per heavy atom. The zero-order valence-corrected chi connectivity index (χ0v) is 12.0. The van der Waals surface area contributed by atoms with Gasteiger partial charge in [0.1, 0.15) is 5.82 Å². The zero-order chi connectivity index (χ0) is 13.6. The molecule has 4 nitrogen and oxygen atoms in total. The van der Waals surface area contributed by atoms with E-state index in [-0.39, 0.29) is 5.41 Å². The average Bonchev–Trinajstić information content (AvgIpc) is 2.90. The molecule has 0 aliphatic heterocycles. The van der Waals surface area contributed by atoms with Crippen molar-refractivity contribution in [3.8, 4) is 5.13 Å². The Labute approximate surface area is 115 Å². The van der Waals surface area contributed by atoms with Crippen LogP contribution in [0.2, 0.25) is 0 Å². The third-order valence-corrected chi connectivity index (χ3v) is 3.98. The summed E-state index contributed by atoms with van der Waals surface area (Å²) in [6, 6.07) is 9.98. The van der Waals surface area contributed by atoms with Gasteiger partial charge in [0.2, 0.25) is 5.13 Å². The van der Waals surface area contributed by atoms with Crippen LogP contribution < -0.4 is 5.73 Å². The predicted octanol–water partition coefficient (Wildman–Crippen LogP) is 3.36. The van der Waals surface area contributed by atoms with Gasteiger partial charge in [-0.1, -0.05) is 44.2 Å². The van der Waals surface area contributed by atoms with E-state index in [4.69, 9.17) is 5.73 Å². The van der Waals surface area contributed by atoms with Gasteiger partial charge in [-0.2, -0.15) is 9.78 Å². The molecule has 0 saturated heterocycles. The lowest BCUT2D eigenvalue weighted by Gasteiger charge is -2.13. The van der Waals surface area contributed by atoms with Gasteiger partial charge in [0.05, 0.1) is 15.9 Å². The van der Waals surface area contributed by atoms with Gasteiger partial charge in [0.15, 0.2) is 0 Å². The maximum Gasteiger partial charge on any atom is 0.213 e. The molecule has 0 bridgehead atoms. The summed E-state index contributed by atoms with van der Waals surface area (Å²) < 4.78 is 2.87. The lowest BCUT2D eigenvalue weighted by Crippen LogP contribution is -2.12. The number of nitrogens with zero attached hydrogens (tertiary/aromatic N) is 3. The summed E-state index contributed by atoms with van der Waals surface area (Å²) in [6.07, 6.45) is 0. The summed E-state index contributed by atoms with van der Waals surface area (Å²) in [6.45, 7) is 6.37. The number of aromatic nitrogens is 3. The fourth-order valence-corrected chi connectivity index (χ4v) is 2.80. The monoisotopic (exact) mass is 272 g/mol. The number of thiazole rings is 1. The largest absolute Gasteiger partial charge is 0.383 e. The fourth-order valence-electron chi connectivity index (χ4n) is 1.87. The molecule has 3 rings (SSSR count). The lowest BCUT2D eigenvalue weighted by atomic mass is 9.92. The number of hydrogen-bond donors (Lipinski definition) is 1. The van der Waals surface area contributed by atoms with Crippen molar-refractivity contribution in [2.24, 2.45) is 0 Å². The summed E-state index contributed by atoms with van der Waals surface area (Å²) in [4.78, 5) is 4.58. The Balaban J connectivity index is 2.13. The number of fused-ring (bicyclic) bond motifs is 1. The van der Waals surface area contributed by atoms with E-state index in [0.717, 1.165) is 21.0 Å². The van der Waals surface area contributed by atoms with Gasteiger partial charge in [-0.25, -0.2) is 4.98 Å². The standard InChI is InChI=1S/C14H16N4S/c1-14(2,3)11-8-12(15)18(17-11)13-16-9-6-4-5-7-10(9)19-13/h4-8H,15H2,1-3H3. The number of hydrogen-bond acceptors (Lipinski definition) is 4.